The number of amides is 1. The number of aromatic nitrogens is 4. The highest BCUT2D eigenvalue weighted by Gasteiger charge is 2.17. The number of benzene rings is 2. The van der Waals surface area contributed by atoms with Crippen LogP contribution in [0.2, 0.25) is 5.02 Å². The molecule has 2 heterocycles. The molecule has 166 valence electrons. The summed E-state index contributed by atoms with van der Waals surface area (Å²) < 4.78 is 2.88. The van der Waals surface area contributed by atoms with E-state index in [0.717, 1.165) is 21.3 Å². The van der Waals surface area contributed by atoms with E-state index < -0.39 is 0 Å². The number of hydrazone groups is 1. The van der Waals surface area contributed by atoms with Gasteiger partial charge in [0, 0.05) is 38.7 Å². The van der Waals surface area contributed by atoms with Gasteiger partial charge in [0.2, 0.25) is 0 Å². The minimum atomic E-state index is -0.262. The zero-order valence-corrected chi connectivity index (χ0v) is 20.6. The van der Waals surface area contributed by atoms with Crippen LogP contribution in [0.25, 0.3) is 17.1 Å². The summed E-state index contributed by atoms with van der Waals surface area (Å²) in [4.78, 5) is 16.5. The Balaban J connectivity index is 1.53. The molecule has 0 aliphatic rings. The van der Waals surface area contributed by atoms with Crippen molar-refractivity contribution in [2.75, 3.05) is 5.75 Å². The molecule has 2 aromatic heterocycles. The molecule has 0 bridgehead atoms. The lowest BCUT2D eigenvalue weighted by molar-refractivity contribution is -0.118. The predicted molar refractivity (Wildman–Crippen MR) is 135 cm³/mol. The minimum Gasteiger partial charge on any atom is -0.272 e. The van der Waals surface area contributed by atoms with Crippen LogP contribution >= 0.6 is 39.3 Å². The molecule has 0 saturated carbocycles. The van der Waals surface area contributed by atoms with Gasteiger partial charge in [-0.2, -0.15) is 5.10 Å². The van der Waals surface area contributed by atoms with Crippen molar-refractivity contribution in [3.8, 4) is 17.1 Å². The van der Waals surface area contributed by atoms with Crippen molar-refractivity contribution in [1.29, 1.82) is 0 Å². The molecule has 2 aromatic carbocycles. The molecule has 0 fully saturated rings. The monoisotopic (exact) mass is 540 g/mol. The second kappa shape index (κ2) is 10.7. The number of nitrogens with one attached hydrogen (secondary N) is 1. The third-order valence-corrected chi connectivity index (χ3v) is 6.39. The Kier molecular flexibility index (Phi) is 7.54. The van der Waals surface area contributed by atoms with Crippen LogP contribution in [0.3, 0.4) is 0 Å². The molecule has 4 aromatic rings. The highest BCUT2D eigenvalue weighted by molar-refractivity contribution is 9.10. The molecule has 33 heavy (non-hydrogen) atoms. The molecule has 0 aliphatic heterocycles. The first-order chi connectivity index (χ1) is 16.0. The summed E-state index contributed by atoms with van der Waals surface area (Å²) in [6.07, 6.45) is 3.41. The average Bonchev–Trinajstić information content (AvgIpc) is 3.26. The van der Waals surface area contributed by atoms with E-state index in [9.17, 15) is 4.79 Å². The number of hydrogen-bond acceptors (Lipinski definition) is 6. The maximum atomic E-state index is 12.5. The van der Waals surface area contributed by atoms with Gasteiger partial charge in [-0.05, 0) is 49.4 Å². The molecular weight excluding hydrogens is 524 g/mol. The van der Waals surface area contributed by atoms with Gasteiger partial charge in [-0.1, -0.05) is 57.5 Å². The lowest BCUT2D eigenvalue weighted by atomic mass is 10.1. The third kappa shape index (κ3) is 5.68. The van der Waals surface area contributed by atoms with Crippen molar-refractivity contribution in [3.05, 3.63) is 88.1 Å². The second-order valence-corrected chi connectivity index (χ2v) is 9.12. The van der Waals surface area contributed by atoms with Crippen LogP contribution in [-0.2, 0) is 4.79 Å². The maximum Gasteiger partial charge on any atom is 0.250 e. The molecule has 7 nitrogen and oxygen atoms in total. The molecular formula is C23H18BrClN6OS. The fourth-order valence-corrected chi connectivity index (χ4v) is 4.28. The Labute approximate surface area is 208 Å². The Morgan fingerprint density at radius 2 is 1.82 bits per heavy atom. The average molecular weight is 542 g/mol. The van der Waals surface area contributed by atoms with Crippen molar-refractivity contribution in [1.82, 2.24) is 25.2 Å². The van der Waals surface area contributed by atoms with Gasteiger partial charge in [-0.15, -0.1) is 10.2 Å². The Morgan fingerprint density at radius 1 is 1.09 bits per heavy atom. The van der Waals surface area contributed by atoms with E-state index in [0.29, 0.717) is 21.7 Å². The fraction of sp³-hybridized carbons (Fsp3) is 0.0870. The van der Waals surface area contributed by atoms with Crippen molar-refractivity contribution in [2.45, 2.75) is 12.1 Å². The van der Waals surface area contributed by atoms with E-state index in [2.05, 4.69) is 41.6 Å². The Morgan fingerprint density at radius 3 is 2.55 bits per heavy atom. The third-order valence-electron chi connectivity index (χ3n) is 4.60. The van der Waals surface area contributed by atoms with Crippen molar-refractivity contribution in [3.63, 3.8) is 0 Å². The standard InChI is InChI=1S/C23H18BrClN6OS/c1-15(19-4-2-3-5-20(19)25)27-28-21(32)14-33-23-30-29-22(16-10-12-26-13-11-16)31(23)18-8-6-17(24)7-9-18/h2-13H,14H2,1H3,(H,28,32)/b27-15-. The highest BCUT2D eigenvalue weighted by atomic mass is 79.9. The maximum absolute atomic E-state index is 12.5. The predicted octanol–water partition coefficient (Wildman–Crippen LogP) is 5.38. The smallest absolute Gasteiger partial charge is 0.250 e. The molecule has 1 N–H and O–H groups in total. The number of carbonyl (C=O) groups is 1. The number of rotatable bonds is 7. The molecule has 0 spiro atoms. The van der Waals surface area contributed by atoms with Crippen LogP contribution in [0.1, 0.15) is 12.5 Å². The van der Waals surface area contributed by atoms with E-state index in [1.165, 1.54) is 11.8 Å². The van der Waals surface area contributed by atoms with Crippen LogP contribution in [0.4, 0.5) is 0 Å². The summed E-state index contributed by atoms with van der Waals surface area (Å²) in [5, 5.41) is 14.0. The number of carbonyl (C=O) groups excluding carboxylic acids is 1. The number of pyridine rings is 1. The van der Waals surface area contributed by atoms with Gasteiger partial charge in [-0.25, -0.2) is 5.43 Å². The SMILES string of the molecule is C/C(=N/NC(=O)CSc1nnc(-c2ccncc2)n1-c1ccc(Br)cc1)c1ccccc1Cl. The number of nitrogens with zero attached hydrogens (tertiary/aromatic N) is 5. The Bertz CT molecular complexity index is 1290. The number of thioether (sulfide) groups is 1. The van der Waals surface area contributed by atoms with E-state index in [1.807, 2.05) is 59.2 Å². The van der Waals surface area contributed by atoms with Crippen molar-refractivity contribution < 1.29 is 4.79 Å². The second-order valence-electron chi connectivity index (χ2n) is 6.85. The van der Waals surface area contributed by atoms with Crippen LogP contribution < -0.4 is 5.43 Å². The van der Waals surface area contributed by atoms with Gasteiger partial charge in [0.1, 0.15) is 0 Å². The van der Waals surface area contributed by atoms with E-state index in [4.69, 9.17) is 11.6 Å². The summed E-state index contributed by atoms with van der Waals surface area (Å²) in [6.45, 7) is 1.79. The minimum absolute atomic E-state index is 0.115. The van der Waals surface area contributed by atoms with Crippen LogP contribution in [-0.4, -0.2) is 37.1 Å². The van der Waals surface area contributed by atoms with E-state index in [-0.39, 0.29) is 11.7 Å². The van der Waals surface area contributed by atoms with Crippen molar-refractivity contribution >= 4 is 50.9 Å². The fourth-order valence-electron chi connectivity index (χ4n) is 3.00. The molecule has 0 aliphatic carbocycles. The summed E-state index contributed by atoms with van der Waals surface area (Å²) in [7, 11) is 0. The van der Waals surface area contributed by atoms with Crippen LogP contribution in [0.15, 0.2) is 87.8 Å². The molecule has 4 rings (SSSR count). The van der Waals surface area contributed by atoms with Crippen LogP contribution in [0.5, 0.6) is 0 Å². The van der Waals surface area contributed by atoms with E-state index in [1.54, 1.807) is 25.4 Å². The van der Waals surface area contributed by atoms with Gasteiger partial charge in [-0.3, -0.25) is 14.3 Å². The zero-order valence-electron chi connectivity index (χ0n) is 17.4. The van der Waals surface area contributed by atoms with Gasteiger partial charge in [0.05, 0.1) is 11.5 Å². The molecule has 10 heteroatoms. The zero-order chi connectivity index (χ0) is 23.2. The topological polar surface area (TPSA) is 85.1 Å². The largest absolute Gasteiger partial charge is 0.272 e. The first-order valence-electron chi connectivity index (χ1n) is 9.85. The number of hydrogen-bond donors (Lipinski definition) is 1. The van der Waals surface area contributed by atoms with E-state index >= 15 is 0 Å². The van der Waals surface area contributed by atoms with Gasteiger partial charge in [0.15, 0.2) is 11.0 Å². The summed E-state index contributed by atoms with van der Waals surface area (Å²) in [5.41, 5.74) is 5.72. The van der Waals surface area contributed by atoms with Gasteiger partial charge < -0.3 is 0 Å². The molecule has 0 atom stereocenters. The first-order valence-corrected chi connectivity index (χ1v) is 12.0. The molecule has 0 unspecified atom stereocenters. The lowest BCUT2D eigenvalue weighted by Crippen LogP contribution is -2.21. The van der Waals surface area contributed by atoms with Crippen molar-refractivity contribution in [2.24, 2.45) is 5.10 Å². The normalized spacial score (nSPS) is 11.4. The summed E-state index contributed by atoms with van der Waals surface area (Å²) in [6, 6.07) is 18.9. The summed E-state index contributed by atoms with van der Waals surface area (Å²) in [5.74, 6) is 0.516. The van der Waals surface area contributed by atoms with Gasteiger partial charge in [0.25, 0.3) is 5.91 Å². The molecule has 0 saturated heterocycles. The first kappa shape index (κ1) is 23.2. The molecule has 0 radical (unpaired) electrons. The summed E-state index contributed by atoms with van der Waals surface area (Å²) >= 11 is 10.9. The quantitative estimate of drug-likeness (QED) is 0.193. The Hall–Kier alpha value is -3.01. The molecule has 1 amide bonds. The number of halogens is 2. The lowest BCUT2D eigenvalue weighted by Gasteiger charge is -2.10. The van der Waals surface area contributed by atoms with Gasteiger partial charge >= 0.3 is 0 Å². The van der Waals surface area contributed by atoms with Crippen LogP contribution in [0, 0.1) is 0 Å². The highest BCUT2D eigenvalue weighted by Crippen LogP contribution is 2.28.